The molecule has 0 aliphatic carbocycles. The van der Waals surface area contributed by atoms with Gasteiger partial charge in [-0.3, -0.25) is 4.79 Å². The van der Waals surface area contributed by atoms with E-state index in [1.807, 2.05) is 4.90 Å². The number of hydrogen-bond donors (Lipinski definition) is 2. The molecule has 2 atom stereocenters. The van der Waals surface area contributed by atoms with Crippen LogP contribution in [0.1, 0.15) is 26.2 Å². The molecule has 2 heterocycles. The van der Waals surface area contributed by atoms with Gasteiger partial charge < -0.3 is 15.5 Å². The highest BCUT2D eigenvalue weighted by Crippen LogP contribution is 2.15. The molecule has 0 aromatic carbocycles. The summed E-state index contributed by atoms with van der Waals surface area (Å²) in [7, 11) is 0. The molecule has 0 radical (unpaired) electrons. The molecule has 0 spiro atoms. The van der Waals surface area contributed by atoms with E-state index < -0.39 is 0 Å². The van der Waals surface area contributed by atoms with Crippen LogP contribution in [0.25, 0.3) is 0 Å². The van der Waals surface area contributed by atoms with Crippen molar-refractivity contribution in [3.8, 4) is 0 Å². The summed E-state index contributed by atoms with van der Waals surface area (Å²) in [6.45, 7) is 4.40. The molecule has 0 aromatic heterocycles. The Hall–Kier alpha value is -1.26. The van der Waals surface area contributed by atoms with Gasteiger partial charge in [0.25, 0.3) is 0 Å². The number of carbonyl (C=O) groups is 2. The molecule has 2 fully saturated rings. The number of hydrogen-bond acceptors (Lipinski definition) is 2. The molecule has 5 heteroatoms. The van der Waals surface area contributed by atoms with Crippen molar-refractivity contribution in [1.29, 1.82) is 0 Å². The van der Waals surface area contributed by atoms with E-state index >= 15 is 0 Å². The Bertz CT molecular complexity index is 293. The smallest absolute Gasteiger partial charge is 0.317 e. The summed E-state index contributed by atoms with van der Waals surface area (Å²) >= 11 is 0. The second-order valence-electron chi connectivity index (χ2n) is 4.85. The van der Waals surface area contributed by atoms with Crippen LogP contribution in [-0.4, -0.2) is 42.5 Å². The van der Waals surface area contributed by atoms with Crippen molar-refractivity contribution in [2.24, 2.45) is 5.92 Å². The molecule has 2 aliphatic rings. The molecule has 2 aliphatic heterocycles. The first-order valence-electron chi connectivity index (χ1n) is 5.97. The fraction of sp³-hybridized carbons (Fsp3) is 0.818. The van der Waals surface area contributed by atoms with Crippen molar-refractivity contribution in [3.05, 3.63) is 0 Å². The Labute approximate surface area is 95.6 Å². The summed E-state index contributed by atoms with van der Waals surface area (Å²) in [6.07, 6.45) is 2.69. The molecule has 3 amide bonds. The van der Waals surface area contributed by atoms with Crippen LogP contribution >= 0.6 is 0 Å². The summed E-state index contributed by atoms with van der Waals surface area (Å²) in [5.74, 6) is 0.611. The van der Waals surface area contributed by atoms with Crippen LogP contribution < -0.4 is 10.6 Å². The summed E-state index contributed by atoms with van der Waals surface area (Å²) in [5.41, 5.74) is 0. The van der Waals surface area contributed by atoms with E-state index in [1.54, 1.807) is 0 Å². The quantitative estimate of drug-likeness (QED) is 0.675. The van der Waals surface area contributed by atoms with Gasteiger partial charge in [-0.1, -0.05) is 6.92 Å². The van der Waals surface area contributed by atoms with Crippen molar-refractivity contribution in [2.75, 3.05) is 19.6 Å². The molecule has 90 valence electrons. The van der Waals surface area contributed by atoms with Crippen molar-refractivity contribution in [1.82, 2.24) is 15.5 Å². The summed E-state index contributed by atoms with van der Waals surface area (Å²) < 4.78 is 0. The number of nitrogens with one attached hydrogen (secondary N) is 2. The zero-order chi connectivity index (χ0) is 11.5. The van der Waals surface area contributed by atoms with Crippen LogP contribution in [-0.2, 0) is 4.79 Å². The highest BCUT2D eigenvalue weighted by atomic mass is 16.2. The molecule has 0 aromatic rings. The molecular weight excluding hydrogens is 206 g/mol. The standard InChI is InChI=1S/C11H19N3O2/c1-8-3-2-4-14(7-8)11(16)13-9-5-10(15)12-6-9/h8-9H,2-7H2,1H3,(H,12,15)(H,13,16). The van der Waals surface area contributed by atoms with Gasteiger partial charge in [-0.05, 0) is 18.8 Å². The predicted molar refractivity (Wildman–Crippen MR) is 59.9 cm³/mol. The Morgan fingerprint density at radius 2 is 2.38 bits per heavy atom. The van der Waals surface area contributed by atoms with E-state index in [-0.39, 0.29) is 18.0 Å². The topological polar surface area (TPSA) is 61.4 Å². The van der Waals surface area contributed by atoms with E-state index in [9.17, 15) is 9.59 Å². The first-order chi connectivity index (χ1) is 7.65. The van der Waals surface area contributed by atoms with Crippen LogP contribution in [0, 0.1) is 5.92 Å². The lowest BCUT2D eigenvalue weighted by Crippen LogP contribution is -2.48. The lowest BCUT2D eigenvalue weighted by Gasteiger charge is -2.31. The molecule has 2 unspecified atom stereocenters. The number of rotatable bonds is 1. The van der Waals surface area contributed by atoms with Gasteiger partial charge in [0, 0.05) is 26.1 Å². The van der Waals surface area contributed by atoms with Gasteiger partial charge in [0.05, 0.1) is 6.04 Å². The molecule has 0 saturated carbocycles. The highest BCUT2D eigenvalue weighted by Gasteiger charge is 2.26. The zero-order valence-electron chi connectivity index (χ0n) is 9.66. The lowest BCUT2D eigenvalue weighted by atomic mass is 10.0. The number of piperidine rings is 1. The first-order valence-corrected chi connectivity index (χ1v) is 5.97. The maximum atomic E-state index is 11.9. The van der Waals surface area contributed by atoms with E-state index in [1.165, 1.54) is 6.42 Å². The Morgan fingerprint density at radius 1 is 1.56 bits per heavy atom. The average molecular weight is 225 g/mol. The van der Waals surface area contributed by atoms with Gasteiger partial charge in [0.15, 0.2) is 0 Å². The summed E-state index contributed by atoms with van der Waals surface area (Å²) in [6, 6.07) is -0.0507. The number of nitrogens with zero attached hydrogens (tertiary/aromatic N) is 1. The monoisotopic (exact) mass is 225 g/mol. The molecule has 2 saturated heterocycles. The van der Waals surface area contributed by atoms with Crippen LogP contribution in [0.3, 0.4) is 0 Å². The average Bonchev–Trinajstić information content (AvgIpc) is 2.64. The Morgan fingerprint density at radius 3 is 3.00 bits per heavy atom. The number of likely N-dealkylation sites (tertiary alicyclic amines) is 1. The van der Waals surface area contributed by atoms with Gasteiger partial charge in [-0.25, -0.2) is 4.79 Å². The second-order valence-corrected chi connectivity index (χ2v) is 4.85. The lowest BCUT2D eigenvalue weighted by molar-refractivity contribution is -0.119. The number of carbonyl (C=O) groups excluding carboxylic acids is 2. The minimum Gasteiger partial charge on any atom is -0.354 e. The third kappa shape index (κ3) is 2.65. The van der Waals surface area contributed by atoms with Gasteiger partial charge in [-0.15, -0.1) is 0 Å². The first kappa shape index (κ1) is 11.2. The summed E-state index contributed by atoms with van der Waals surface area (Å²) in [4.78, 5) is 24.7. The largest absolute Gasteiger partial charge is 0.354 e. The van der Waals surface area contributed by atoms with E-state index in [2.05, 4.69) is 17.6 Å². The van der Waals surface area contributed by atoms with Crippen molar-refractivity contribution in [3.63, 3.8) is 0 Å². The fourth-order valence-electron chi connectivity index (χ4n) is 2.35. The van der Waals surface area contributed by atoms with Gasteiger partial charge in [0.1, 0.15) is 0 Å². The Balaban J connectivity index is 1.80. The van der Waals surface area contributed by atoms with Gasteiger partial charge in [-0.2, -0.15) is 0 Å². The van der Waals surface area contributed by atoms with Gasteiger partial charge >= 0.3 is 6.03 Å². The SMILES string of the molecule is CC1CCCN(C(=O)NC2CNC(=O)C2)C1. The van der Waals surface area contributed by atoms with Crippen molar-refractivity contribution >= 4 is 11.9 Å². The van der Waals surface area contributed by atoms with Crippen molar-refractivity contribution < 1.29 is 9.59 Å². The minimum atomic E-state index is -0.0303. The number of amides is 3. The highest BCUT2D eigenvalue weighted by molar-refractivity contribution is 5.81. The molecule has 16 heavy (non-hydrogen) atoms. The number of urea groups is 1. The van der Waals surface area contributed by atoms with Crippen molar-refractivity contribution in [2.45, 2.75) is 32.2 Å². The second kappa shape index (κ2) is 4.72. The third-order valence-corrected chi connectivity index (χ3v) is 3.25. The maximum Gasteiger partial charge on any atom is 0.317 e. The van der Waals surface area contributed by atoms with Gasteiger partial charge in [0.2, 0.25) is 5.91 Å². The van der Waals surface area contributed by atoms with E-state index in [0.29, 0.717) is 18.9 Å². The van der Waals surface area contributed by atoms with Crippen LogP contribution in [0.2, 0.25) is 0 Å². The predicted octanol–water partition coefficient (Wildman–Crippen LogP) is 0.316. The van der Waals surface area contributed by atoms with Crippen LogP contribution in [0.5, 0.6) is 0 Å². The van der Waals surface area contributed by atoms with Crippen LogP contribution in [0.4, 0.5) is 4.79 Å². The minimum absolute atomic E-state index is 0.0203. The molecule has 5 nitrogen and oxygen atoms in total. The normalized spacial score (nSPS) is 30.1. The van der Waals surface area contributed by atoms with E-state index in [0.717, 1.165) is 19.5 Å². The molecular formula is C11H19N3O2. The third-order valence-electron chi connectivity index (χ3n) is 3.25. The van der Waals surface area contributed by atoms with E-state index in [4.69, 9.17) is 0 Å². The zero-order valence-corrected chi connectivity index (χ0v) is 9.66. The summed E-state index contributed by atoms with van der Waals surface area (Å²) in [5, 5.41) is 5.62. The Kier molecular flexibility index (Phi) is 3.31. The van der Waals surface area contributed by atoms with Crippen LogP contribution in [0.15, 0.2) is 0 Å². The molecule has 2 rings (SSSR count). The fourth-order valence-corrected chi connectivity index (χ4v) is 2.35. The maximum absolute atomic E-state index is 11.9. The molecule has 2 N–H and O–H groups in total. The molecule has 0 bridgehead atoms.